The van der Waals surface area contributed by atoms with Crippen molar-refractivity contribution in [2.45, 2.75) is 70.1 Å². The first-order valence-corrected chi connectivity index (χ1v) is 10.3. The second kappa shape index (κ2) is 12.0. The number of carbonyl (C=O) groups excluding carboxylic acids is 5. The van der Waals surface area contributed by atoms with Crippen LogP contribution in [0.25, 0.3) is 0 Å². The molecule has 13 nitrogen and oxygen atoms in total. The van der Waals surface area contributed by atoms with E-state index in [0.717, 1.165) is 0 Å². The van der Waals surface area contributed by atoms with Crippen molar-refractivity contribution in [3.05, 3.63) is 0 Å². The number of primary amides is 2. The standard InChI is InChI=1S/C19H32N6O7/c1-9(2)15(22)17(29)23-10(5-6-13(20)26)18(30)25-7-3-4-12(25)16(28)24-11(19(31)32)8-14(21)27/h9-12,15H,3-8,22H2,1-2H3,(H2,20,26)(H2,21,27)(H,23,29)(H,24,28)(H,31,32). The first-order valence-electron chi connectivity index (χ1n) is 10.3. The lowest BCUT2D eigenvalue weighted by molar-refractivity contribution is -0.146. The van der Waals surface area contributed by atoms with Gasteiger partial charge in [-0.1, -0.05) is 13.8 Å². The number of carboxylic acids is 1. The zero-order valence-electron chi connectivity index (χ0n) is 18.2. The molecular formula is C19H32N6O7. The highest BCUT2D eigenvalue weighted by molar-refractivity contribution is 5.95. The van der Waals surface area contributed by atoms with Gasteiger partial charge in [0.05, 0.1) is 12.5 Å². The number of carboxylic acid groups (broad SMARTS) is 1. The van der Waals surface area contributed by atoms with Crippen LogP contribution in [-0.4, -0.2) is 76.2 Å². The molecule has 0 aromatic heterocycles. The molecule has 0 spiro atoms. The monoisotopic (exact) mass is 456 g/mol. The van der Waals surface area contributed by atoms with Crippen LogP contribution in [0.2, 0.25) is 0 Å². The average Bonchev–Trinajstić information content (AvgIpc) is 3.18. The zero-order chi connectivity index (χ0) is 24.6. The van der Waals surface area contributed by atoms with Crippen LogP contribution in [0.3, 0.4) is 0 Å². The van der Waals surface area contributed by atoms with Gasteiger partial charge >= 0.3 is 5.97 Å². The Morgan fingerprint density at radius 2 is 1.66 bits per heavy atom. The third kappa shape index (κ3) is 7.80. The van der Waals surface area contributed by atoms with E-state index in [0.29, 0.717) is 6.42 Å². The molecule has 4 unspecified atom stereocenters. The molecule has 0 saturated carbocycles. The van der Waals surface area contributed by atoms with Crippen molar-refractivity contribution in [1.29, 1.82) is 0 Å². The maximum Gasteiger partial charge on any atom is 0.326 e. The van der Waals surface area contributed by atoms with Crippen molar-refractivity contribution < 1.29 is 33.9 Å². The van der Waals surface area contributed by atoms with Crippen molar-refractivity contribution >= 4 is 35.5 Å². The first-order chi connectivity index (χ1) is 14.8. The van der Waals surface area contributed by atoms with Gasteiger partial charge in [-0.3, -0.25) is 24.0 Å². The van der Waals surface area contributed by atoms with E-state index in [1.807, 2.05) is 0 Å². The largest absolute Gasteiger partial charge is 0.480 e. The Morgan fingerprint density at radius 1 is 1.03 bits per heavy atom. The maximum atomic E-state index is 13.1. The van der Waals surface area contributed by atoms with Crippen LogP contribution in [0.1, 0.15) is 46.0 Å². The minimum Gasteiger partial charge on any atom is -0.480 e. The number of nitrogens with two attached hydrogens (primary N) is 3. The van der Waals surface area contributed by atoms with Crippen LogP contribution in [0.15, 0.2) is 0 Å². The summed E-state index contributed by atoms with van der Waals surface area (Å²) >= 11 is 0. The molecule has 1 heterocycles. The second-order valence-electron chi connectivity index (χ2n) is 8.10. The van der Waals surface area contributed by atoms with Crippen molar-refractivity contribution in [2.75, 3.05) is 6.54 Å². The molecular weight excluding hydrogens is 424 g/mol. The Morgan fingerprint density at radius 3 is 2.16 bits per heavy atom. The molecule has 5 amide bonds. The molecule has 1 saturated heterocycles. The van der Waals surface area contributed by atoms with Gasteiger partial charge in [-0.15, -0.1) is 0 Å². The fraction of sp³-hybridized carbons (Fsp3) is 0.684. The van der Waals surface area contributed by atoms with Gasteiger partial charge in [-0.05, 0) is 25.2 Å². The van der Waals surface area contributed by atoms with E-state index in [2.05, 4.69) is 10.6 Å². The number of carbonyl (C=O) groups is 6. The molecule has 32 heavy (non-hydrogen) atoms. The number of hydrogen-bond donors (Lipinski definition) is 6. The first kappa shape index (κ1) is 26.8. The summed E-state index contributed by atoms with van der Waals surface area (Å²) in [6.45, 7) is 3.65. The normalized spacial score (nSPS) is 18.5. The zero-order valence-corrected chi connectivity index (χ0v) is 18.2. The maximum absolute atomic E-state index is 13.1. The topological polar surface area (TPSA) is 228 Å². The van der Waals surface area contributed by atoms with Crippen molar-refractivity contribution in [1.82, 2.24) is 15.5 Å². The lowest BCUT2D eigenvalue weighted by Gasteiger charge is -2.30. The Balaban J connectivity index is 2.99. The number of nitrogens with one attached hydrogen (secondary N) is 2. The van der Waals surface area contributed by atoms with E-state index >= 15 is 0 Å². The Labute approximate surface area is 185 Å². The summed E-state index contributed by atoms with van der Waals surface area (Å²) in [5, 5.41) is 13.9. The molecule has 180 valence electrons. The average molecular weight is 457 g/mol. The Kier molecular flexibility index (Phi) is 10.0. The molecule has 0 radical (unpaired) electrons. The van der Waals surface area contributed by atoms with Crippen LogP contribution in [0.4, 0.5) is 0 Å². The van der Waals surface area contributed by atoms with Gasteiger partial charge in [0.25, 0.3) is 0 Å². The van der Waals surface area contributed by atoms with Gasteiger partial charge in [-0.2, -0.15) is 0 Å². The molecule has 0 bridgehead atoms. The van der Waals surface area contributed by atoms with Crippen molar-refractivity contribution in [3.63, 3.8) is 0 Å². The predicted molar refractivity (Wildman–Crippen MR) is 111 cm³/mol. The molecule has 1 rings (SSSR count). The number of aliphatic carboxylic acids is 1. The van der Waals surface area contributed by atoms with E-state index < -0.39 is 66.1 Å². The van der Waals surface area contributed by atoms with E-state index in [9.17, 15) is 33.9 Å². The highest BCUT2D eigenvalue weighted by Gasteiger charge is 2.39. The Hall–Kier alpha value is -3.22. The fourth-order valence-electron chi connectivity index (χ4n) is 3.29. The lowest BCUT2D eigenvalue weighted by Crippen LogP contribution is -2.57. The summed E-state index contributed by atoms with van der Waals surface area (Å²) < 4.78 is 0. The van der Waals surface area contributed by atoms with Gasteiger partial charge in [0.15, 0.2) is 0 Å². The number of hydrogen-bond acceptors (Lipinski definition) is 7. The Bertz CT molecular complexity index is 756. The summed E-state index contributed by atoms with van der Waals surface area (Å²) in [6.07, 6.45) is -0.166. The van der Waals surface area contributed by atoms with E-state index in [-0.39, 0.29) is 31.7 Å². The fourth-order valence-corrected chi connectivity index (χ4v) is 3.29. The molecule has 0 aromatic rings. The molecule has 0 aromatic carbocycles. The van der Waals surface area contributed by atoms with Crippen LogP contribution in [-0.2, 0) is 28.8 Å². The highest BCUT2D eigenvalue weighted by atomic mass is 16.4. The van der Waals surface area contributed by atoms with Crippen LogP contribution in [0, 0.1) is 5.92 Å². The lowest BCUT2D eigenvalue weighted by atomic mass is 10.0. The van der Waals surface area contributed by atoms with Crippen LogP contribution >= 0.6 is 0 Å². The molecule has 9 N–H and O–H groups in total. The molecule has 1 fully saturated rings. The predicted octanol–water partition coefficient (Wildman–Crippen LogP) is -2.84. The van der Waals surface area contributed by atoms with Crippen LogP contribution < -0.4 is 27.8 Å². The van der Waals surface area contributed by atoms with Crippen molar-refractivity contribution in [3.8, 4) is 0 Å². The van der Waals surface area contributed by atoms with E-state index in [1.165, 1.54) is 4.90 Å². The smallest absolute Gasteiger partial charge is 0.326 e. The molecule has 1 aliphatic heterocycles. The third-order valence-electron chi connectivity index (χ3n) is 5.17. The van der Waals surface area contributed by atoms with Gasteiger partial charge in [0, 0.05) is 13.0 Å². The highest BCUT2D eigenvalue weighted by Crippen LogP contribution is 2.20. The number of likely N-dealkylation sites (tertiary alicyclic amines) is 1. The van der Waals surface area contributed by atoms with Gasteiger partial charge < -0.3 is 37.8 Å². The number of nitrogens with zero attached hydrogens (tertiary/aromatic N) is 1. The molecule has 0 aliphatic carbocycles. The third-order valence-corrected chi connectivity index (χ3v) is 5.17. The summed E-state index contributed by atoms with van der Waals surface area (Å²) in [7, 11) is 0. The number of amides is 5. The van der Waals surface area contributed by atoms with Gasteiger partial charge in [0.1, 0.15) is 18.1 Å². The SMILES string of the molecule is CC(C)C(N)C(=O)NC(CCC(N)=O)C(=O)N1CCCC1C(=O)NC(CC(N)=O)C(=O)O. The molecule has 4 atom stereocenters. The minimum absolute atomic E-state index is 0.0883. The van der Waals surface area contributed by atoms with Gasteiger partial charge in [-0.25, -0.2) is 4.79 Å². The van der Waals surface area contributed by atoms with E-state index in [4.69, 9.17) is 17.2 Å². The minimum atomic E-state index is -1.54. The summed E-state index contributed by atoms with van der Waals surface area (Å²) in [4.78, 5) is 73.0. The quantitative estimate of drug-likeness (QED) is 0.179. The summed E-state index contributed by atoms with van der Waals surface area (Å²) in [5.41, 5.74) is 16.0. The number of rotatable bonds is 12. The van der Waals surface area contributed by atoms with Crippen LogP contribution in [0.5, 0.6) is 0 Å². The van der Waals surface area contributed by atoms with Gasteiger partial charge in [0.2, 0.25) is 29.5 Å². The second-order valence-corrected chi connectivity index (χ2v) is 8.10. The summed E-state index contributed by atoms with van der Waals surface area (Å²) in [5.74, 6) is -5.19. The van der Waals surface area contributed by atoms with Crippen molar-refractivity contribution in [2.24, 2.45) is 23.1 Å². The van der Waals surface area contributed by atoms with E-state index in [1.54, 1.807) is 13.8 Å². The molecule has 13 heteroatoms. The summed E-state index contributed by atoms with van der Waals surface area (Å²) in [6, 6.07) is -4.58. The molecule has 1 aliphatic rings.